The van der Waals surface area contributed by atoms with Crippen LogP contribution in [0.4, 0.5) is 5.69 Å². The second-order valence-corrected chi connectivity index (χ2v) is 7.05. The Morgan fingerprint density at radius 3 is 2.78 bits per heavy atom. The quantitative estimate of drug-likeness (QED) is 0.893. The van der Waals surface area contributed by atoms with Crippen molar-refractivity contribution in [3.8, 4) is 0 Å². The Morgan fingerprint density at radius 2 is 2.11 bits per heavy atom. The lowest BCUT2D eigenvalue weighted by atomic mass is 10.3. The van der Waals surface area contributed by atoms with Crippen LogP contribution in [0.25, 0.3) is 0 Å². The van der Waals surface area contributed by atoms with Crippen molar-refractivity contribution in [3.63, 3.8) is 0 Å². The van der Waals surface area contributed by atoms with Crippen molar-refractivity contribution < 1.29 is 13.5 Å². The summed E-state index contributed by atoms with van der Waals surface area (Å²) in [7, 11) is -3.65. The number of benzene rings is 1. The first-order valence-electron chi connectivity index (χ1n) is 4.98. The van der Waals surface area contributed by atoms with E-state index in [1.807, 2.05) is 6.07 Å². The fraction of sp³-hybridized carbons (Fsp3) is 0.0909. The van der Waals surface area contributed by atoms with Crippen LogP contribution in [0.15, 0.2) is 45.1 Å². The Morgan fingerprint density at radius 1 is 1.33 bits per heavy atom. The number of anilines is 1. The SMILES string of the molecule is O=S(=O)(Nc1cccc(Br)c1)c1ccsc1CO. The Kier molecular flexibility index (Phi) is 4.06. The van der Waals surface area contributed by atoms with E-state index in [-0.39, 0.29) is 11.5 Å². The summed E-state index contributed by atoms with van der Waals surface area (Å²) in [5, 5.41) is 10.7. The molecule has 0 unspecified atom stereocenters. The third kappa shape index (κ3) is 2.92. The van der Waals surface area contributed by atoms with Gasteiger partial charge in [0.25, 0.3) is 10.0 Å². The minimum Gasteiger partial charge on any atom is -0.391 e. The fourth-order valence-corrected chi connectivity index (χ4v) is 4.19. The van der Waals surface area contributed by atoms with Crippen molar-refractivity contribution in [2.45, 2.75) is 11.5 Å². The van der Waals surface area contributed by atoms with Crippen molar-refractivity contribution in [1.82, 2.24) is 0 Å². The molecule has 2 aromatic rings. The minimum atomic E-state index is -3.65. The smallest absolute Gasteiger partial charge is 0.263 e. The molecule has 0 spiro atoms. The molecule has 96 valence electrons. The standard InChI is InChI=1S/C11H10BrNO3S2/c12-8-2-1-3-9(6-8)13-18(15,16)11-4-5-17-10(11)7-14/h1-6,13-14H,7H2. The van der Waals surface area contributed by atoms with Gasteiger partial charge in [-0.3, -0.25) is 4.72 Å². The summed E-state index contributed by atoms with van der Waals surface area (Å²) in [5.41, 5.74) is 0.472. The fourth-order valence-electron chi connectivity index (χ4n) is 1.45. The number of aliphatic hydroxyl groups is 1. The third-order valence-electron chi connectivity index (χ3n) is 2.21. The summed E-state index contributed by atoms with van der Waals surface area (Å²) in [4.78, 5) is 0.549. The molecular formula is C11H10BrNO3S2. The van der Waals surface area contributed by atoms with Gasteiger partial charge in [-0.1, -0.05) is 22.0 Å². The van der Waals surface area contributed by atoms with Crippen LogP contribution < -0.4 is 4.72 Å². The first-order valence-corrected chi connectivity index (χ1v) is 8.14. The van der Waals surface area contributed by atoms with Gasteiger partial charge in [0.2, 0.25) is 0 Å². The minimum absolute atomic E-state index is 0.120. The summed E-state index contributed by atoms with van der Waals surface area (Å²) in [5.74, 6) is 0. The molecule has 0 aliphatic heterocycles. The largest absolute Gasteiger partial charge is 0.391 e. The van der Waals surface area contributed by atoms with E-state index in [4.69, 9.17) is 5.11 Å². The second-order valence-electron chi connectivity index (χ2n) is 3.48. The average Bonchev–Trinajstić information content (AvgIpc) is 2.77. The second kappa shape index (κ2) is 5.40. The van der Waals surface area contributed by atoms with E-state index in [0.29, 0.717) is 10.6 Å². The van der Waals surface area contributed by atoms with Crippen molar-refractivity contribution >= 4 is 43.0 Å². The lowest BCUT2D eigenvalue weighted by Gasteiger charge is -2.08. The maximum atomic E-state index is 12.1. The number of nitrogens with one attached hydrogen (secondary N) is 1. The highest BCUT2D eigenvalue weighted by Crippen LogP contribution is 2.25. The molecule has 0 saturated carbocycles. The molecule has 0 saturated heterocycles. The van der Waals surface area contributed by atoms with Gasteiger partial charge in [0.05, 0.1) is 11.5 Å². The van der Waals surface area contributed by atoms with E-state index < -0.39 is 10.0 Å². The van der Waals surface area contributed by atoms with Gasteiger partial charge in [-0.05, 0) is 29.6 Å². The highest BCUT2D eigenvalue weighted by atomic mass is 79.9. The summed E-state index contributed by atoms with van der Waals surface area (Å²) in [6.07, 6.45) is 0. The van der Waals surface area contributed by atoms with Gasteiger partial charge >= 0.3 is 0 Å². The van der Waals surface area contributed by atoms with Crippen LogP contribution >= 0.6 is 27.3 Å². The first-order chi connectivity index (χ1) is 8.53. The van der Waals surface area contributed by atoms with Crippen LogP contribution in [0.5, 0.6) is 0 Å². The van der Waals surface area contributed by atoms with Gasteiger partial charge in [0.1, 0.15) is 4.90 Å². The number of hydrogen-bond donors (Lipinski definition) is 2. The molecule has 0 radical (unpaired) electrons. The Hall–Kier alpha value is -0.890. The number of thiophene rings is 1. The number of rotatable bonds is 4. The number of aliphatic hydroxyl groups excluding tert-OH is 1. The zero-order chi connectivity index (χ0) is 13.2. The van der Waals surface area contributed by atoms with E-state index in [0.717, 1.165) is 4.47 Å². The molecule has 2 N–H and O–H groups in total. The molecule has 0 amide bonds. The van der Waals surface area contributed by atoms with Crippen LogP contribution in [-0.4, -0.2) is 13.5 Å². The molecule has 1 heterocycles. The van der Waals surface area contributed by atoms with Crippen molar-refractivity contribution in [1.29, 1.82) is 0 Å². The molecule has 2 rings (SSSR count). The molecule has 7 heteroatoms. The monoisotopic (exact) mass is 347 g/mol. The lowest BCUT2D eigenvalue weighted by molar-refractivity contribution is 0.282. The van der Waals surface area contributed by atoms with Gasteiger partial charge in [0.15, 0.2) is 0 Å². The molecule has 4 nitrogen and oxygen atoms in total. The Bertz CT molecular complexity index is 652. The van der Waals surface area contributed by atoms with Crippen LogP contribution in [-0.2, 0) is 16.6 Å². The van der Waals surface area contributed by atoms with Crippen molar-refractivity contribution in [2.75, 3.05) is 4.72 Å². The Balaban J connectivity index is 2.33. The molecule has 0 fully saturated rings. The van der Waals surface area contributed by atoms with E-state index in [2.05, 4.69) is 20.7 Å². The van der Waals surface area contributed by atoms with Crippen LogP contribution in [0.1, 0.15) is 4.88 Å². The van der Waals surface area contributed by atoms with Gasteiger partial charge in [-0.2, -0.15) is 0 Å². The molecule has 1 aromatic carbocycles. The van der Waals surface area contributed by atoms with Crippen LogP contribution in [0.3, 0.4) is 0 Å². The van der Waals surface area contributed by atoms with E-state index in [1.54, 1.807) is 23.6 Å². The van der Waals surface area contributed by atoms with Crippen LogP contribution in [0.2, 0.25) is 0 Å². The summed E-state index contributed by atoms with van der Waals surface area (Å²) >= 11 is 4.49. The third-order valence-corrected chi connectivity index (χ3v) is 5.21. The van der Waals surface area contributed by atoms with E-state index in [1.165, 1.54) is 17.4 Å². The molecule has 0 bridgehead atoms. The summed E-state index contributed by atoms with van der Waals surface area (Å²) < 4.78 is 27.5. The zero-order valence-electron chi connectivity index (χ0n) is 9.13. The van der Waals surface area contributed by atoms with Gasteiger partial charge in [-0.25, -0.2) is 8.42 Å². The highest BCUT2D eigenvalue weighted by Gasteiger charge is 2.19. The van der Waals surface area contributed by atoms with Crippen molar-refractivity contribution in [2.24, 2.45) is 0 Å². The first kappa shape index (κ1) is 13.5. The molecule has 18 heavy (non-hydrogen) atoms. The maximum Gasteiger partial charge on any atom is 0.263 e. The molecule has 0 aliphatic carbocycles. The van der Waals surface area contributed by atoms with Crippen LogP contribution in [0, 0.1) is 0 Å². The topological polar surface area (TPSA) is 66.4 Å². The lowest BCUT2D eigenvalue weighted by Crippen LogP contribution is -2.13. The molecule has 0 atom stereocenters. The maximum absolute atomic E-state index is 12.1. The molecule has 0 aliphatic rings. The Labute approximate surface area is 117 Å². The normalized spacial score (nSPS) is 11.4. The number of sulfonamides is 1. The van der Waals surface area contributed by atoms with Crippen molar-refractivity contribution in [3.05, 3.63) is 45.1 Å². The van der Waals surface area contributed by atoms with Gasteiger partial charge < -0.3 is 5.11 Å². The number of halogens is 1. The zero-order valence-corrected chi connectivity index (χ0v) is 12.3. The summed E-state index contributed by atoms with van der Waals surface area (Å²) in [6, 6.07) is 8.36. The van der Waals surface area contributed by atoms with E-state index >= 15 is 0 Å². The number of hydrogen-bond acceptors (Lipinski definition) is 4. The predicted octanol–water partition coefficient (Wildman–Crippen LogP) is 2.80. The highest BCUT2D eigenvalue weighted by molar-refractivity contribution is 9.10. The van der Waals surface area contributed by atoms with Gasteiger partial charge in [-0.15, -0.1) is 11.3 Å². The summed E-state index contributed by atoms with van der Waals surface area (Å²) in [6.45, 7) is -0.285. The molecule has 1 aromatic heterocycles. The average molecular weight is 348 g/mol. The predicted molar refractivity (Wildman–Crippen MR) is 75.2 cm³/mol. The van der Waals surface area contributed by atoms with Gasteiger partial charge in [0, 0.05) is 10.2 Å². The van der Waals surface area contributed by atoms with E-state index in [9.17, 15) is 8.42 Å². The molecular weight excluding hydrogens is 338 g/mol.